The summed E-state index contributed by atoms with van der Waals surface area (Å²) in [5.41, 5.74) is 2.51. The van der Waals surface area contributed by atoms with E-state index in [4.69, 9.17) is 0 Å². The number of pyridine rings is 2. The second kappa shape index (κ2) is 8.53. The Morgan fingerprint density at radius 3 is 1.58 bits per heavy atom. The van der Waals surface area contributed by atoms with Gasteiger partial charge in [-0.05, 0) is 36.4 Å². The van der Waals surface area contributed by atoms with Crippen molar-refractivity contribution < 1.29 is 10.2 Å². The Balaban J connectivity index is 1.67. The molecular weight excluding hydrogens is 328 g/mol. The lowest BCUT2D eigenvalue weighted by Crippen LogP contribution is -1.91. The third-order valence-corrected chi connectivity index (χ3v) is 3.60. The maximum atomic E-state index is 10.1. The molecule has 0 spiro atoms. The van der Waals surface area contributed by atoms with Crippen LogP contribution in [0.15, 0.2) is 70.9 Å². The average molecular weight is 346 g/mol. The molecule has 2 heterocycles. The Kier molecular flexibility index (Phi) is 5.67. The summed E-state index contributed by atoms with van der Waals surface area (Å²) in [6.07, 6.45) is 6.43. The molecule has 0 unspecified atom stereocenters. The number of aliphatic imine (C=N–C) groups is 2. The number of rotatable bonds is 6. The lowest BCUT2D eigenvalue weighted by Gasteiger charge is -2.04. The predicted octanol–water partition coefficient (Wildman–Crippen LogP) is 3.13. The Morgan fingerprint density at radius 1 is 0.731 bits per heavy atom. The van der Waals surface area contributed by atoms with Gasteiger partial charge in [0.25, 0.3) is 0 Å². The Bertz CT molecular complexity index is 833. The minimum absolute atomic E-state index is 0.0202. The van der Waals surface area contributed by atoms with Crippen molar-refractivity contribution in [3.63, 3.8) is 0 Å². The van der Waals surface area contributed by atoms with Gasteiger partial charge in [-0.1, -0.05) is 12.1 Å². The average Bonchev–Trinajstić information content (AvgIpc) is 2.67. The predicted molar refractivity (Wildman–Crippen MR) is 101 cm³/mol. The van der Waals surface area contributed by atoms with Crippen molar-refractivity contribution in [1.82, 2.24) is 9.97 Å². The van der Waals surface area contributed by atoms with E-state index in [1.165, 1.54) is 24.6 Å². The fourth-order valence-corrected chi connectivity index (χ4v) is 2.27. The third kappa shape index (κ3) is 4.73. The molecule has 0 bridgehead atoms. The van der Waals surface area contributed by atoms with Crippen LogP contribution in [0.2, 0.25) is 0 Å². The zero-order chi connectivity index (χ0) is 18.2. The maximum absolute atomic E-state index is 10.1. The largest absolute Gasteiger partial charge is 0.507 e. The first-order valence-corrected chi connectivity index (χ1v) is 8.08. The van der Waals surface area contributed by atoms with Gasteiger partial charge in [0.1, 0.15) is 11.5 Å². The van der Waals surface area contributed by atoms with Crippen LogP contribution >= 0.6 is 0 Å². The van der Waals surface area contributed by atoms with E-state index in [1.807, 2.05) is 36.4 Å². The highest BCUT2D eigenvalue weighted by atomic mass is 16.3. The summed E-state index contributed by atoms with van der Waals surface area (Å²) >= 11 is 0. The number of hydrogen-bond acceptors (Lipinski definition) is 6. The first-order chi connectivity index (χ1) is 12.7. The van der Waals surface area contributed by atoms with Crippen molar-refractivity contribution in [2.75, 3.05) is 0 Å². The van der Waals surface area contributed by atoms with Crippen molar-refractivity contribution in [2.45, 2.75) is 13.1 Å². The molecule has 6 heteroatoms. The highest BCUT2D eigenvalue weighted by Gasteiger charge is 2.06. The molecule has 2 aromatic heterocycles. The summed E-state index contributed by atoms with van der Waals surface area (Å²) in [6, 6.07) is 14.1. The summed E-state index contributed by atoms with van der Waals surface area (Å²) in [5, 5.41) is 20.3. The fourth-order valence-electron chi connectivity index (χ4n) is 2.27. The molecule has 3 aromatic rings. The summed E-state index contributed by atoms with van der Waals surface area (Å²) in [4.78, 5) is 16.8. The molecule has 6 nitrogen and oxygen atoms in total. The number of phenols is 2. The molecule has 0 amide bonds. The van der Waals surface area contributed by atoms with Crippen LogP contribution in [-0.4, -0.2) is 32.6 Å². The minimum Gasteiger partial charge on any atom is -0.507 e. The van der Waals surface area contributed by atoms with Crippen LogP contribution in [0.5, 0.6) is 11.5 Å². The zero-order valence-electron chi connectivity index (χ0n) is 14.0. The standard InChI is InChI=1S/C20H18N4O2/c25-19-10-16(12-22-14-18-6-2-4-8-24-18)20(26)9-15(19)11-21-13-17-5-1-3-7-23-17/h1-12,25-26H,13-14H2. The van der Waals surface area contributed by atoms with Crippen LogP contribution in [0.1, 0.15) is 22.5 Å². The number of nitrogens with zero attached hydrogens (tertiary/aromatic N) is 4. The molecule has 0 aliphatic carbocycles. The maximum Gasteiger partial charge on any atom is 0.125 e. The molecule has 0 radical (unpaired) electrons. The van der Waals surface area contributed by atoms with Gasteiger partial charge in [-0.3, -0.25) is 20.0 Å². The Labute approximate surface area is 151 Å². The number of hydrogen-bond donors (Lipinski definition) is 2. The van der Waals surface area contributed by atoms with Crippen molar-refractivity contribution in [3.05, 3.63) is 83.4 Å². The van der Waals surface area contributed by atoms with Crippen LogP contribution in [-0.2, 0) is 13.1 Å². The van der Waals surface area contributed by atoms with Gasteiger partial charge in [0, 0.05) is 35.9 Å². The lowest BCUT2D eigenvalue weighted by molar-refractivity contribution is 0.459. The summed E-state index contributed by atoms with van der Waals surface area (Å²) in [5.74, 6) is 0.0405. The van der Waals surface area contributed by atoms with Gasteiger partial charge < -0.3 is 10.2 Å². The molecular formula is C20H18N4O2. The highest BCUT2D eigenvalue weighted by Crippen LogP contribution is 2.25. The fraction of sp³-hybridized carbons (Fsp3) is 0.100. The summed E-state index contributed by atoms with van der Waals surface area (Å²) in [6.45, 7) is 0.794. The Hall–Kier alpha value is -3.54. The van der Waals surface area contributed by atoms with Crippen molar-refractivity contribution in [3.8, 4) is 11.5 Å². The molecule has 0 saturated carbocycles. The topological polar surface area (TPSA) is 91.0 Å². The van der Waals surface area contributed by atoms with Crippen molar-refractivity contribution in [1.29, 1.82) is 0 Å². The first-order valence-electron chi connectivity index (χ1n) is 8.08. The van der Waals surface area contributed by atoms with Gasteiger partial charge in [0.15, 0.2) is 0 Å². The van der Waals surface area contributed by atoms with E-state index in [0.717, 1.165) is 11.4 Å². The number of aromatic nitrogens is 2. The molecule has 130 valence electrons. The SMILES string of the molecule is Oc1cc(C=NCc2ccccn2)c(O)cc1C=NCc1ccccn1. The molecule has 0 aliphatic heterocycles. The molecule has 26 heavy (non-hydrogen) atoms. The van der Waals surface area contributed by atoms with E-state index in [0.29, 0.717) is 24.2 Å². The van der Waals surface area contributed by atoms with E-state index in [-0.39, 0.29) is 11.5 Å². The molecule has 1 aromatic carbocycles. The highest BCUT2D eigenvalue weighted by molar-refractivity contribution is 5.90. The number of phenolic OH excluding ortho intramolecular Hbond substituents is 2. The van der Waals surface area contributed by atoms with E-state index in [2.05, 4.69) is 20.0 Å². The first kappa shape index (κ1) is 17.3. The smallest absolute Gasteiger partial charge is 0.125 e. The van der Waals surface area contributed by atoms with Crippen molar-refractivity contribution >= 4 is 12.4 Å². The van der Waals surface area contributed by atoms with E-state index >= 15 is 0 Å². The second-order valence-corrected chi connectivity index (χ2v) is 5.55. The zero-order valence-corrected chi connectivity index (χ0v) is 14.0. The van der Waals surface area contributed by atoms with Crippen LogP contribution < -0.4 is 0 Å². The molecule has 0 saturated heterocycles. The van der Waals surface area contributed by atoms with Gasteiger partial charge in [0.05, 0.1) is 24.5 Å². The molecule has 3 rings (SSSR count). The molecule has 0 aliphatic rings. The van der Waals surface area contributed by atoms with Gasteiger partial charge in [-0.25, -0.2) is 0 Å². The summed E-state index contributed by atoms with van der Waals surface area (Å²) < 4.78 is 0. The van der Waals surface area contributed by atoms with Crippen LogP contribution in [0.3, 0.4) is 0 Å². The van der Waals surface area contributed by atoms with E-state index < -0.39 is 0 Å². The quantitative estimate of drug-likeness (QED) is 0.530. The minimum atomic E-state index is 0.0202. The molecule has 0 atom stereocenters. The van der Waals surface area contributed by atoms with Gasteiger partial charge in [-0.2, -0.15) is 0 Å². The van der Waals surface area contributed by atoms with Gasteiger partial charge in [0.2, 0.25) is 0 Å². The van der Waals surface area contributed by atoms with E-state index in [1.54, 1.807) is 12.4 Å². The lowest BCUT2D eigenvalue weighted by atomic mass is 10.1. The van der Waals surface area contributed by atoms with Crippen LogP contribution in [0.25, 0.3) is 0 Å². The molecule has 0 fully saturated rings. The van der Waals surface area contributed by atoms with Gasteiger partial charge in [-0.15, -0.1) is 0 Å². The normalized spacial score (nSPS) is 11.4. The van der Waals surface area contributed by atoms with Crippen LogP contribution in [0.4, 0.5) is 0 Å². The number of aromatic hydroxyl groups is 2. The van der Waals surface area contributed by atoms with Crippen molar-refractivity contribution in [2.24, 2.45) is 9.98 Å². The third-order valence-electron chi connectivity index (χ3n) is 3.60. The monoisotopic (exact) mass is 346 g/mol. The van der Waals surface area contributed by atoms with Gasteiger partial charge >= 0.3 is 0 Å². The van der Waals surface area contributed by atoms with E-state index in [9.17, 15) is 10.2 Å². The number of benzene rings is 1. The molecule has 2 N–H and O–H groups in total. The Morgan fingerprint density at radius 2 is 1.19 bits per heavy atom. The summed E-state index contributed by atoms with van der Waals surface area (Å²) in [7, 11) is 0. The second-order valence-electron chi connectivity index (χ2n) is 5.55. The van der Waals surface area contributed by atoms with Crippen LogP contribution in [0, 0.1) is 0 Å².